The van der Waals surface area contributed by atoms with E-state index >= 15 is 0 Å². The van der Waals surface area contributed by atoms with Crippen molar-refractivity contribution in [3.63, 3.8) is 0 Å². The van der Waals surface area contributed by atoms with E-state index in [1.807, 2.05) is 0 Å². The first-order valence-corrected chi connectivity index (χ1v) is 16.8. The minimum atomic E-state index is -1.39. The number of esters is 1. The van der Waals surface area contributed by atoms with Crippen molar-refractivity contribution in [1.82, 2.24) is 14.8 Å². The number of carbonyl (C=O) groups excluding carboxylic acids is 5. The summed E-state index contributed by atoms with van der Waals surface area (Å²) in [6.07, 6.45) is 0. The maximum atomic E-state index is 14.0. The number of aromatic amines is 1. The van der Waals surface area contributed by atoms with Gasteiger partial charge in [-0.15, -0.1) is 11.8 Å². The van der Waals surface area contributed by atoms with Crippen molar-refractivity contribution < 1.29 is 38.6 Å². The Labute approximate surface area is 296 Å². The van der Waals surface area contributed by atoms with Crippen molar-refractivity contribution in [3.05, 3.63) is 99.5 Å². The van der Waals surface area contributed by atoms with Crippen LogP contribution in [0.25, 0.3) is 11.3 Å². The average Bonchev–Trinajstić information content (AvgIpc) is 3.10. The maximum absolute atomic E-state index is 14.0. The molecule has 1 fully saturated rings. The van der Waals surface area contributed by atoms with Crippen molar-refractivity contribution >= 4 is 53.0 Å². The molecule has 0 spiro atoms. The highest BCUT2D eigenvalue weighted by atomic mass is 32.2. The molecule has 4 amide bonds. The van der Waals surface area contributed by atoms with Gasteiger partial charge in [-0.25, -0.2) is 9.69 Å². The third-order valence-electron chi connectivity index (χ3n) is 8.41. The highest BCUT2D eigenvalue weighted by Crippen LogP contribution is 2.43. The Balaban J connectivity index is 1.45. The van der Waals surface area contributed by atoms with Crippen molar-refractivity contribution in [1.29, 1.82) is 0 Å². The number of β-lactam (4-membered cyclic amide) rings is 1. The topological polar surface area (TPSA) is 226 Å². The van der Waals surface area contributed by atoms with E-state index in [-0.39, 0.29) is 35.7 Å². The minimum Gasteiger partial charge on any atom is -0.477 e. The van der Waals surface area contributed by atoms with E-state index in [0.29, 0.717) is 22.5 Å². The average molecular weight is 717 g/mol. The third-order valence-corrected chi connectivity index (χ3v) is 9.73. The Morgan fingerprint density at radius 3 is 2.22 bits per heavy atom. The number of anilines is 1. The summed E-state index contributed by atoms with van der Waals surface area (Å²) in [5.41, 5.74) is 13.3. The van der Waals surface area contributed by atoms with E-state index in [4.69, 9.17) is 16.2 Å². The van der Waals surface area contributed by atoms with Crippen LogP contribution < -0.4 is 21.9 Å². The number of thioether (sulfide) groups is 1. The number of H-pyrrole nitrogens is 1. The molecule has 0 saturated carbocycles. The van der Waals surface area contributed by atoms with Gasteiger partial charge >= 0.3 is 11.9 Å². The Kier molecular flexibility index (Phi) is 10.9. The van der Waals surface area contributed by atoms with E-state index < -0.39 is 64.6 Å². The summed E-state index contributed by atoms with van der Waals surface area (Å²) in [7, 11) is 0. The van der Waals surface area contributed by atoms with Gasteiger partial charge in [0.15, 0.2) is 0 Å². The number of aromatic nitrogens is 1. The normalized spacial score (nSPS) is 17.8. The third kappa shape index (κ3) is 7.47. The highest BCUT2D eigenvalue weighted by Gasteiger charge is 2.57. The summed E-state index contributed by atoms with van der Waals surface area (Å²) in [5.74, 6) is -4.30. The van der Waals surface area contributed by atoms with Crippen LogP contribution in [0.5, 0.6) is 0 Å². The van der Waals surface area contributed by atoms with Gasteiger partial charge in [0, 0.05) is 36.4 Å². The van der Waals surface area contributed by atoms with Gasteiger partial charge in [0.1, 0.15) is 29.8 Å². The molecule has 4 atom stereocenters. The van der Waals surface area contributed by atoms with Crippen LogP contribution in [0, 0.1) is 0 Å². The molecule has 16 heteroatoms. The number of nitrogens with zero attached hydrogens (tertiary/aromatic N) is 3. The van der Waals surface area contributed by atoms with E-state index in [1.54, 1.807) is 60.7 Å². The molecule has 3 aromatic rings. The van der Waals surface area contributed by atoms with Gasteiger partial charge in [-0.1, -0.05) is 42.5 Å². The molecule has 2 aromatic carbocycles. The van der Waals surface area contributed by atoms with Gasteiger partial charge in [-0.2, -0.15) is 0 Å². The second-order valence-corrected chi connectivity index (χ2v) is 13.1. The highest BCUT2D eigenvalue weighted by molar-refractivity contribution is 8.00. The number of rotatable bonds is 11. The van der Waals surface area contributed by atoms with E-state index in [1.165, 1.54) is 43.5 Å². The molecule has 5 rings (SSSR count). The number of benzene rings is 2. The van der Waals surface area contributed by atoms with Crippen molar-refractivity contribution in [2.24, 2.45) is 11.5 Å². The summed E-state index contributed by atoms with van der Waals surface area (Å²) in [4.78, 5) is 95.6. The number of aliphatic carboxylic acids is 1. The van der Waals surface area contributed by atoms with Crippen LogP contribution in [0.3, 0.4) is 0 Å². The van der Waals surface area contributed by atoms with Gasteiger partial charge in [0.2, 0.25) is 17.7 Å². The van der Waals surface area contributed by atoms with Crippen LogP contribution in [0.2, 0.25) is 0 Å². The minimum absolute atomic E-state index is 0.115. The molecule has 2 aliphatic heterocycles. The number of ether oxygens (including phenoxy) is 1. The summed E-state index contributed by atoms with van der Waals surface area (Å²) < 4.78 is 5.01. The van der Waals surface area contributed by atoms with Crippen LogP contribution in [0.15, 0.2) is 82.8 Å². The number of pyridine rings is 1. The lowest BCUT2D eigenvalue weighted by Gasteiger charge is -2.53. The van der Waals surface area contributed by atoms with Gasteiger partial charge < -0.3 is 31.2 Å². The molecule has 15 nitrogen and oxygen atoms in total. The zero-order chi connectivity index (χ0) is 37.1. The monoisotopic (exact) mass is 716 g/mol. The molecule has 0 radical (unpaired) electrons. The molecular weight excluding hydrogens is 680 g/mol. The smallest absolute Gasteiger partial charge is 0.352 e. The number of carbonyl (C=O) groups is 6. The van der Waals surface area contributed by atoms with Gasteiger partial charge in [-0.05, 0) is 42.3 Å². The molecule has 2 unspecified atom stereocenters. The number of hydrogen-bond acceptors (Lipinski definition) is 11. The van der Waals surface area contributed by atoms with Crippen molar-refractivity contribution in [2.75, 3.05) is 17.3 Å². The molecule has 51 heavy (non-hydrogen) atoms. The molecule has 1 saturated heterocycles. The van der Waals surface area contributed by atoms with E-state index in [9.17, 15) is 38.7 Å². The quantitative estimate of drug-likeness (QED) is 0.164. The van der Waals surface area contributed by atoms with Crippen LogP contribution >= 0.6 is 11.8 Å². The summed E-state index contributed by atoms with van der Waals surface area (Å²) in [6.45, 7) is 3.27. The number of carboxylic acids is 1. The lowest BCUT2D eigenvalue weighted by Crippen LogP contribution is -2.71. The number of nitrogens with one attached hydrogen (secondary N) is 1. The Morgan fingerprint density at radius 1 is 0.980 bits per heavy atom. The maximum Gasteiger partial charge on any atom is 0.352 e. The number of hydrogen-bond donors (Lipinski definition) is 4. The SMILES string of the molecule is CC(=O)OCC1=C(C(=O)O)N2C(=O)C(N(Cc3ccc(-c4ccc(N(C(C)=O)C(=O)[C@@H](C)N)cc4)[nH]c3=O)C(=O)C(N)c3ccccc3)[C@@H]2SC1. The zero-order valence-corrected chi connectivity index (χ0v) is 28.7. The number of nitrogens with two attached hydrogens (primary N) is 2. The number of amides is 4. The fraction of sp³-hybridized carbons (Fsp3) is 0.286. The molecule has 266 valence electrons. The predicted molar refractivity (Wildman–Crippen MR) is 186 cm³/mol. The zero-order valence-electron chi connectivity index (χ0n) is 27.9. The Hall–Kier alpha value is -5.58. The first-order chi connectivity index (χ1) is 24.2. The molecule has 2 aliphatic rings. The number of carboxylic acid groups (broad SMARTS) is 1. The first-order valence-electron chi connectivity index (χ1n) is 15.8. The van der Waals surface area contributed by atoms with Crippen LogP contribution in [0.1, 0.15) is 37.9 Å². The van der Waals surface area contributed by atoms with Gasteiger partial charge in [0.25, 0.3) is 11.5 Å². The summed E-state index contributed by atoms with van der Waals surface area (Å²) in [6, 6.07) is 14.7. The van der Waals surface area contributed by atoms with Crippen LogP contribution in [-0.2, 0) is 40.0 Å². The largest absolute Gasteiger partial charge is 0.477 e. The molecule has 0 aliphatic carbocycles. The van der Waals surface area contributed by atoms with E-state index in [0.717, 1.165) is 9.80 Å². The number of fused-ring (bicyclic) bond motifs is 1. The Morgan fingerprint density at radius 2 is 1.65 bits per heavy atom. The predicted octanol–water partition coefficient (Wildman–Crippen LogP) is 1.48. The molecule has 1 aromatic heterocycles. The van der Waals surface area contributed by atoms with Crippen LogP contribution in [0.4, 0.5) is 5.69 Å². The standard InChI is InChI=1S/C35H36N6O9S/c1-18(36)31(45)40(19(2)42)25-12-9-21(10-13-25)26-14-11-23(30(44)38-26)15-39(32(46)27(37)22-7-5-4-6-8-22)29-33(47)41-28(35(48)49)24(16-50-20(3)43)17-51-34(29)41/h4-14,18,27,29,34H,15-17,36-37H2,1-3H3,(H,38,44)(H,48,49)/t18-,27?,29?,34+/m1/s1. The molecule has 6 N–H and O–H groups in total. The van der Waals surface area contributed by atoms with Crippen molar-refractivity contribution in [3.8, 4) is 11.3 Å². The van der Waals surface area contributed by atoms with Gasteiger partial charge in [-0.3, -0.25) is 33.7 Å². The fourth-order valence-corrected chi connectivity index (χ4v) is 7.25. The lowest BCUT2D eigenvalue weighted by molar-refractivity contribution is -0.161. The van der Waals surface area contributed by atoms with E-state index in [2.05, 4.69) is 4.98 Å². The first kappa shape index (κ1) is 36.7. The summed E-state index contributed by atoms with van der Waals surface area (Å²) in [5, 5.41) is 9.20. The second kappa shape index (κ2) is 15.1. The van der Waals surface area contributed by atoms with Crippen LogP contribution in [-0.4, -0.2) is 85.3 Å². The fourth-order valence-electron chi connectivity index (χ4n) is 5.85. The van der Waals surface area contributed by atoms with Gasteiger partial charge in [0.05, 0.1) is 18.3 Å². The number of imide groups is 1. The summed E-state index contributed by atoms with van der Waals surface area (Å²) >= 11 is 1.20. The molecule has 0 bridgehead atoms. The second-order valence-electron chi connectivity index (χ2n) is 12.0. The van der Waals surface area contributed by atoms with Crippen molar-refractivity contribution in [2.45, 2.75) is 50.8 Å². The molecular formula is C35H36N6O9S. The Bertz CT molecular complexity index is 1980. The lowest BCUT2D eigenvalue weighted by atomic mass is 9.98. The molecule has 3 heterocycles.